The summed E-state index contributed by atoms with van der Waals surface area (Å²) < 4.78 is 5.57. The van der Waals surface area contributed by atoms with Crippen LogP contribution in [-0.2, 0) is 14.5 Å². The Labute approximate surface area is 134 Å². The zero-order valence-corrected chi connectivity index (χ0v) is 15.7. The Morgan fingerprint density at radius 2 is 1.68 bits per heavy atom. The van der Waals surface area contributed by atoms with E-state index >= 15 is 0 Å². The molecular weight excluding hydrogens is 296 g/mol. The van der Waals surface area contributed by atoms with E-state index in [-0.39, 0.29) is 11.7 Å². The van der Waals surface area contributed by atoms with Crippen molar-refractivity contribution in [3.8, 4) is 0 Å². The van der Waals surface area contributed by atoms with Crippen molar-refractivity contribution in [2.45, 2.75) is 59.0 Å². The maximum Gasteiger partial charge on any atom is 0.373 e. The van der Waals surface area contributed by atoms with Crippen molar-refractivity contribution in [1.82, 2.24) is 0 Å². The van der Waals surface area contributed by atoms with Crippen LogP contribution in [0.3, 0.4) is 0 Å². The van der Waals surface area contributed by atoms with Crippen LogP contribution in [0.15, 0.2) is 24.3 Å². The molecule has 0 aromatic heterocycles. The monoisotopic (exact) mass is 324 g/mol. The van der Waals surface area contributed by atoms with E-state index in [2.05, 4.69) is 19.6 Å². The molecule has 0 spiro atoms. The standard InChI is InChI=1S/C17H28O4Si/c1-13(12-19-17(2,3)4)20-21-16(18)14-8-10-15(11-9-14)22(5,6)7/h8-11,13H,12H2,1-7H3. The summed E-state index contributed by atoms with van der Waals surface area (Å²) in [7, 11) is -1.36. The van der Waals surface area contributed by atoms with Gasteiger partial charge in [-0.05, 0) is 39.8 Å². The second-order valence-corrected chi connectivity index (χ2v) is 12.6. The molecule has 0 fully saturated rings. The van der Waals surface area contributed by atoms with Crippen LogP contribution < -0.4 is 5.19 Å². The zero-order chi connectivity index (χ0) is 17.0. The van der Waals surface area contributed by atoms with Crippen molar-refractivity contribution in [1.29, 1.82) is 0 Å². The molecule has 0 heterocycles. The average Bonchev–Trinajstić information content (AvgIpc) is 2.41. The minimum atomic E-state index is -1.36. The second-order valence-electron chi connectivity index (χ2n) is 7.53. The first kappa shape index (κ1) is 18.9. The highest BCUT2D eigenvalue weighted by atomic mass is 28.3. The molecule has 1 rings (SSSR count). The van der Waals surface area contributed by atoms with Crippen LogP contribution in [-0.4, -0.2) is 32.4 Å². The molecule has 0 bridgehead atoms. The van der Waals surface area contributed by atoms with Gasteiger partial charge < -0.3 is 4.74 Å². The largest absolute Gasteiger partial charge is 0.373 e. The molecule has 0 aliphatic heterocycles. The molecule has 0 N–H and O–H groups in total. The third kappa shape index (κ3) is 6.73. The number of rotatable bonds is 6. The molecule has 0 radical (unpaired) electrons. The molecule has 0 aliphatic carbocycles. The van der Waals surface area contributed by atoms with Crippen LogP contribution in [0.2, 0.25) is 19.6 Å². The molecule has 0 aliphatic rings. The predicted octanol–water partition coefficient (Wildman–Crippen LogP) is 3.52. The summed E-state index contributed by atoms with van der Waals surface area (Å²) in [6.45, 7) is 14.9. The maximum atomic E-state index is 11.9. The summed E-state index contributed by atoms with van der Waals surface area (Å²) in [6, 6.07) is 7.56. The zero-order valence-electron chi connectivity index (χ0n) is 14.7. The lowest BCUT2D eigenvalue weighted by molar-refractivity contribution is -0.282. The van der Waals surface area contributed by atoms with Crippen molar-refractivity contribution in [3.05, 3.63) is 29.8 Å². The molecule has 1 unspecified atom stereocenters. The van der Waals surface area contributed by atoms with E-state index < -0.39 is 14.0 Å². The number of benzene rings is 1. The highest BCUT2D eigenvalue weighted by Gasteiger charge is 2.18. The topological polar surface area (TPSA) is 44.8 Å². The SMILES string of the molecule is CC(COC(C)(C)C)OOC(=O)c1ccc([Si](C)(C)C)cc1. The first-order valence-electron chi connectivity index (χ1n) is 7.61. The van der Waals surface area contributed by atoms with E-state index in [1.54, 1.807) is 19.1 Å². The lowest BCUT2D eigenvalue weighted by atomic mass is 10.2. The van der Waals surface area contributed by atoms with E-state index in [4.69, 9.17) is 14.5 Å². The van der Waals surface area contributed by atoms with E-state index in [1.807, 2.05) is 32.9 Å². The Morgan fingerprint density at radius 1 is 1.14 bits per heavy atom. The quantitative estimate of drug-likeness (QED) is 0.456. The van der Waals surface area contributed by atoms with Gasteiger partial charge in [-0.15, -0.1) is 0 Å². The normalized spacial score (nSPS) is 13.8. The Balaban J connectivity index is 2.49. The molecule has 4 nitrogen and oxygen atoms in total. The molecule has 1 aromatic carbocycles. The third-order valence-electron chi connectivity index (χ3n) is 3.03. The molecule has 124 valence electrons. The lowest BCUT2D eigenvalue weighted by Crippen LogP contribution is -2.37. The summed E-state index contributed by atoms with van der Waals surface area (Å²) >= 11 is 0. The van der Waals surface area contributed by atoms with Gasteiger partial charge in [0.2, 0.25) is 0 Å². The summed E-state index contributed by atoms with van der Waals surface area (Å²) in [5, 5.41) is 1.30. The summed E-state index contributed by atoms with van der Waals surface area (Å²) in [5.41, 5.74) is 0.250. The van der Waals surface area contributed by atoms with Crippen molar-refractivity contribution in [2.75, 3.05) is 6.61 Å². The van der Waals surface area contributed by atoms with Crippen LogP contribution in [0.25, 0.3) is 0 Å². The van der Waals surface area contributed by atoms with Crippen molar-refractivity contribution in [2.24, 2.45) is 0 Å². The first-order chi connectivity index (χ1) is 9.99. The smallest absolute Gasteiger partial charge is 0.373 e. The average molecular weight is 324 g/mol. The van der Waals surface area contributed by atoms with Gasteiger partial charge in [0, 0.05) is 0 Å². The minimum Gasteiger partial charge on any atom is -0.373 e. The van der Waals surface area contributed by atoms with Gasteiger partial charge in [0.25, 0.3) is 0 Å². The van der Waals surface area contributed by atoms with Crippen LogP contribution in [0.1, 0.15) is 38.1 Å². The van der Waals surface area contributed by atoms with Gasteiger partial charge in [0.15, 0.2) is 0 Å². The Hall–Kier alpha value is -1.17. The predicted molar refractivity (Wildman–Crippen MR) is 91.1 cm³/mol. The molecule has 22 heavy (non-hydrogen) atoms. The first-order valence-corrected chi connectivity index (χ1v) is 11.1. The number of ether oxygens (including phenoxy) is 1. The van der Waals surface area contributed by atoms with Gasteiger partial charge >= 0.3 is 5.97 Å². The number of hydrogen-bond acceptors (Lipinski definition) is 4. The van der Waals surface area contributed by atoms with Gasteiger partial charge in [0.05, 0.1) is 25.8 Å². The van der Waals surface area contributed by atoms with Crippen LogP contribution in [0, 0.1) is 0 Å². The highest BCUT2D eigenvalue weighted by Crippen LogP contribution is 2.10. The third-order valence-corrected chi connectivity index (χ3v) is 5.09. The molecule has 1 aromatic rings. The van der Waals surface area contributed by atoms with Gasteiger partial charge in [0.1, 0.15) is 6.10 Å². The molecule has 0 saturated carbocycles. The van der Waals surface area contributed by atoms with Gasteiger partial charge in [-0.3, -0.25) is 4.89 Å². The van der Waals surface area contributed by atoms with Gasteiger partial charge in [-0.25, -0.2) is 4.79 Å². The fraction of sp³-hybridized carbons (Fsp3) is 0.588. The number of hydrogen-bond donors (Lipinski definition) is 0. The fourth-order valence-corrected chi connectivity index (χ4v) is 2.84. The van der Waals surface area contributed by atoms with Crippen LogP contribution >= 0.6 is 0 Å². The van der Waals surface area contributed by atoms with E-state index in [0.29, 0.717) is 12.2 Å². The summed E-state index contributed by atoms with van der Waals surface area (Å²) in [5.74, 6) is -0.482. The molecule has 0 saturated heterocycles. The van der Waals surface area contributed by atoms with Crippen LogP contribution in [0.4, 0.5) is 0 Å². The van der Waals surface area contributed by atoms with E-state index in [0.717, 1.165) is 0 Å². The van der Waals surface area contributed by atoms with Crippen molar-refractivity contribution >= 4 is 19.2 Å². The van der Waals surface area contributed by atoms with E-state index in [1.165, 1.54) is 5.19 Å². The molecule has 1 atom stereocenters. The Bertz CT molecular complexity index is 483. The Morgan fingerprint density at radius 3 is 2.14 bits per heavy atom. The number of carbonyl (C=O) groups excluding carboxylic acids is 1. The van der Waals surface area contributed by atoms with Crippen molar-refractivity contribution < 1.29 is 19.3 Å². The maximum absolute atomic E-state index is 11.9. The van der Waals surface area contributed by atoms with Gasteiger partial charge in [-0.1, -0.05) is 37.0 Å². The minimum absolute atomic E-state index is 0.242. The van der Waals surface area contributed by atoms with Crippen LogP contribution in [0.5, 0.6) is 0 Å². The molecule has 0 amide bonds. The van der Waals surface area contributed by atoms with Gasteiger partial charge in [-0.2, -0.15) is 4.89 Å². The number of carbonyl (C=O) groups is 1. The second kappa shape index (κ2) is 7.40. The van der Waals surface area contributed by atoms with Crippen molar-refractivity contribution in [3.63, 3.8) is 0 Å². The molecular formula is C17H28O4Si. The Kier molecular flexibility index (Phi) is 6.34. The summed E-state index contributed by atoms with van der Waals surface area (Å²) in [4.78, 5) is 21.9. The molecule has 5 heteroatoms. The lowest BCUT2D eigenvalue weighted by Gasteiger charge is -2.21. The summed E-state index contributed by atoms with van der Waals surface area (Å²) in [6.07, 6.45) is -0.315. The highest BCUT2D eigenvalue weighted by molar-refractivity contribution is 6.88. The van der Waals surface area contributed by atoms with E-state index in [9.17, 15) is 4.79 Å². The fourth-order valence-electron chi connectivity index (χ4n) is 1.68.